The Bertz CT molecular complexity index is 1820. The summed E-state index contributed by atoms with van der Waals surface area (Å²) in [4.78, 5) is 25.7. The molecule has 4 aromatic rings. The normalized spacial score (nSPS) is 28.1. The van der Waals surface area contributed by atoms with Crippen LogP contribution in [0.15, 0.2) is 37.5 Å². The van der Waals surface area contributed by atoms with Gasteiger partial charge in [0, 0.05) is 13.1 Å². The van der Waals surface area contributed by atoms with Crippen LogP contribution >= 0.6 is 39.0 Å². The number of fused-ring (bicyclic) bond motifs is 2. The van der Waals surface area contributed by atoms with Crippen molar-refractivity contribution in [2.75, 3.05) is 36.9 Å². The number of rotatable bonds is 14. The highest BCUT2D eigenvalue weighted by Crippen LogP contribution is 2.42. The van der Waals surface area contributed by atoms with Crippen LogP contribution < -0.4 is 10.6 Å². The number of nitrogens with zero attached hydrogens (tertiary/aromatic N) is 8. The molecule has 0 amide bonds. The van der Waals surface area contributed by atoms with Crippen LogP contribution in [0.2, 0.25) is 0 Å². The molecule has 2 aliphatic rings. The van der Waals surface area contributed by atoms with Gasteiger partial charge in [0.25, 0.3) is 0 Å². The number of aliphatic hydroxyl groups excluding tert-OH is 3. The van der Waals surface area contributed by atoms with Crippen LogP contribution in [0.25, 0.3) is 22.3 Å². The van der Waals surface area contributed by atoms with Crippen LogP contribution in [0.1, 0.15) is 12.5 Å². The van der Waals surface area contributed by atoms with Crippen LogP contribution in [0, 0.1) is 0 Å². The third kappa shape index (κ3) is 7.01. The molecule has 2 aliphatic heterocycles. The molecule has 256 valence electrons. The van der Waals surface area contributed by atoms with Gasteiger partial charge in [-0.25, -0.2) is 34.3 Å². The van der Waals surface area contributed by atoms with E-state index in [2.05, 4.69) is 65.0 Å². The molecule has 0 bridgehead atoms. The summed E-state index contributed by atoms with van der Waals surface area (Å²) in [5.74, 6) is 0.789. The van der Waals surface area contributed by atoms with E-state index in [9.17, 15) is 24.4 Å². The van der Waals surface area contributed by atoms with E-state index in [0.29, 0.717) is 41.4 Å². The molecule has 48 heavy (non-hydrogen) atoms. The summed E-state index contributed by atoms with van der Waals surface area (Å²) in [6.45, 7) is -0.362. The SMILES string of the molecule is O=[P+](S)O[C@@H]1C(CO)O[C@@H](n2cnc3c(NC/C=C/CNc4ncnc5c4ncn5C4OC(CO)[C@@H](O)[C@H]4O[P+](=O)S)ncnc32)[C@@H]1F. The minimum Gasteiger partial charge on any atom is -0.394 e. The molecule has 0 radical (unpaired) electrons. The van der Waals surface area contributed by atoms with E-state index in [1.54, 1.807) is 0 Å². The van der Waals surface area contributed by atoms with Crippen molar-refractivity contribution in [2.24, 2.45) is 0 Å². The number of nitrogens with one attached hydrogen (secondary N) is 2. The number of aromatic nitrogens is 8. The summed E-state index contributed by atoms with van der Waals surface area (Å²) in [6.07, 6.45) is -0.692. The maximum atomic E-state index is 15.2. The second-order valence-corrected chi connectivity index (χ2v) is 13.7. The average Bonchev–Trinajstić information content (AvgIpc) is 3.83. The Labute approximate surface area is 282 Å². The van der Waals surface area contributed by atoms with E-state index < -0.39 is 76.8 Å². The fraction of sp³-hybridized carbons (Fsp3) is 0.500. The first-order chi connectivity index (χ1) is 23.2. The Morgan fingerprint density at radius 2 is 1.31 bits per heavy atom. The number of anilines is 2. The fourth-order valence-corrected chi connectivity index (χ4v) is 6.97. The highest BCUT2D eigenvalue weighted by Gasteiger charge is 2.51. The molecule has 0 spiro atoms. The average molecular weight is 747 g/mol. The first-order valence-corrected chi connectivity index (χ1v) is 18.9. The summed E-state index contributed by atoms with van der Waals surface area (Å²) in [6, 6.07) is 0. The molecule has 0 aromatic carbocycles. The number of halogens is 1. The molecule has 0 saturated carbocycles. The van der Waals surface area contributed by atoms with Crippen LogP contribution in [0.3, 0.4) is 0 Å². The van der Waals surface area contributed by atoms with Gasteiger partial charge >= 0.3 is 14.5 Å². The van der Waals surface area contributed by atoms with Gasteiger partial charge in [-0.1, -0.05) is 12.2 Å². The monoisotopic (exact) mass is 746 g/mol. The molecule has 2 fully saturated rings. The summed E-state index contributed by atoms with van der Waals surface area (Å²) in [5.41, 5.74) is 1.36. The second-order valence-electron chi connectivity index (χ2n) is 10.4. The van der Waals surface area contributed by atoms with E-state index in [4.69, 9.17) is 18.5 Å². The van der Waals surface area contributed by atoms with Crippen molar-refractivity contribution in [1.82, 2.24) is 39.0 Å². The predicted octanol–water partition coefficient (Wildman–Crippen LogP) is 1.47. The van der Waals surface area contributed by atoms with Crippen molar-refractivity contribution in [2.45, 2.75) is 49.1 Å². The van der Waals surface area contributed by atoms with E-state index in [1.165, 1.54) is 34.4 Å². The van der Waals surface area contributed by atoms with E-state index in [-0.39, 0.29) is 5.65 Å². The zero-order chi connectivity index (χ0) is 33.9. The Morgan fingerprint density at radius 1 is 0.812 bits per heavy atom. The lowest BCUT2D eigenvalue weighted by Crippen LogP contribution is -2.34. The number of hydrogen-bond donors (Lipinski definition) is 7. The predicted molar refractivity (Wildman–Crippen MR) is 173 cm³/mol. The lowest BCUT2D eigenvalue weighted by atomic mass is 10.1. The van der Waals surface area contributed by atoms with Crippen LogP contribution in [0.4, 0.5) is 16.0 Å². The lowest BCUT2D eigenvalue weighted by Gasteiger charge is -2.16. The number of alkyl halides is 1. The summed E-state index contributed by atoms with van der Waals surface area (Å²) in [5, 5.41) is 35.9. The maximum Gasteiger partial charge on any atom is 0.582 e. The topological polar surface area (TPSA) is 243 Å². The molecule has 24 heteroatoms. The Morgan fingerprint density at radius 3 is 1.83 bits per heavy atom. The van der Waals surface area contributed by atoms with Gasteiger partial charge in [0.15, 0.2) is 64.8 Å². The Hall–Kier alpha value is -3.01. The first-order valence-electron chi connectivity index (χ1n) is 14.2. The van der Waals surface area contributed by atoms with Gasteiger partial charge < -0.3 is 35.4 Å². The van der Waals surface area contributed by atoms with Crippen LogP contribution in [0.5, 0.6) is 0 Å². The minimum atomic E-state index is -2.43. The Balaban J connectivity index is 1.08. The third-order valence-corrected chi connectivity index (χ3v) is 8.98. The molecule has 5 N–H and O–H groups in total. The van der Waals surface area contributed by atoms with Gasteiger partial charge in [0.1, 0.15) is 55.5 Å². The maximum absolute atomic E-state index is 15.2. The molecule has 4 aromatic heterocycles. The fourth-order valence-electron chi connectivity index (χ4n) is 5.42. The molecule has 5 unspecified atom stereocenters. The van der Waals surface area contributed by atoms with E-state index in [1.807, 2.05) is 12.2 Å². The van der Waals surface area contributed by atoms with Crippen molar-refractivity contribution in [3.05, 3.63) is 37.5 Å². The number of thiol groups is 2. The molecule has 19 nitrogen and oxygen atoms in total. The third-order valence-electron chi connectivity index (χ3n) is 7.57. The van der Waals surface area contributed by atoms with Gasteiger partial charge in [-0.3, -0.25) is 9.13 Å². The molecule has 0 aliphatic carbocycles. The van der Waals surface area contributed by atoms with Crippen LogP contribution in [-0.2, 0) is 27.7 Å². The van der Waals surface area contributed by atoms with Crippen molar-refractivity contribution in [3.63, 3.8) is 0 Å². The van der Waals surface area contributed by atoms with E-state index >= 15 is 4.39 Å². The van der Waals surface area contributed by atoms with Gasteiger partial charge in [-0.15, -0.1) is 9.05 Å². The molecule has 10 atom stereocenters. The molecule has 2 saturated heterocycles. The van der Waals surface area contributed by atoms with Crippen LogP contribution in [-0.4, -0.2) is 117 Å². The molecular formula is C24H29FN10O9P2S2+2. The quantitative estimate of drug-likeness (QED) is 0.0549. The number of aliphatic hydroxyl groups is 3. The first kappa shape index (κ1) is 34.8. The summed E-state index contributed by atoms with van der Waals surface area (Å²) in [7, 11) is -4.81. The van der Waals surface area contributed by atoms with Gasteiger partial charge in [0.2, 0.25) is 0 Å². The van der Waals surface area contributed by atoms with E-state index in [0.717, 1.165) is 0 Å². The molecule has 6 rings (SSSR count). The Kier molecular flexibility index (Phi) is 11.1. The minimum absolute atomic E-state index is 0.271. The number of imidazole rings is 2. The largest absolute Gasteiger partial charge is 0.582 e. The zero-order valence-electron chi connectivity index (χ0n) is 24.4. The van der Waals surface area contributed by atoms with Crippen molar-refractivity contribution >= 4 is 72.9 Å². The van der Waals surface area contributed by atoms with Gasteiger partial charge in [-0.2, -0.15) is 0 Å². The lowest BCUT2D eigenvalue weighted by molar-refractivity contribution is -0.0481. The smallest absolute Gasteiger partial charge is 0.394 e. The van der Waals surface area contributed by atoms with Crippen molar-refractivity contribution < 1.29 is 47.4 Å². The second kappa shape index (κ2) is 15.3. The van der Waals surface area contributed by atoms with Gasteiger partial charge in [0.05, 0.1) is 25.9 Å². The molecule has 6 heterocycles. The van der Waals surface area contributed by atoms with Gasteiger partial charge in [-0.05, 0) is 9.13 Å². The summed E-state index contributed by atoms with van der Waals surface area (Å²) >= 11 is 7.45. The standard InChI is InChI=1S/C24H27FN10O9P2S2/c25-13-17(43-45(39)47)12(6-37)42-23(13)34-9-32-14-19(28-7-30-21(14)34)26-3-1-2-4-27-20-15-22(31-8-29-20)35(10-33-15)24-18(44-46(40)48)16(38)11(5-36)41-24/h1-2,7-13,16-18,23-24,36-38H,3-6H2,(H2-2,26,27,28,29,30,31,39,40,47,48)/p+2/b2-1+/t11?,12?,13-,16-,17-,18-,23-,24?/m1/s1. The number of ether oxygens (including phenoxy) is 2. The molecular weight excluding hydrogens is 717 g/mol. The zero-order valence-corrected chi connectivity index (χ0v) is 28.0. The number of hydrogen-bond acceptors (Lipinski definition) is 17. The van der Waals surface area contributed by atoms with Crippen molar-refractivity contribution in [1.29, 1.82) is 0 Å². The highest BCUT2D eigenvalue weighted by atomic mass is 32.7. The summed E-state index contributed by atoms with van der Waals surface area (Å²) < 4.78 is 62.9. The van der Waals surface area contributed by atoms with Crippen molar-refractivity contribution in [3.8, 4) is 0 Å². The highest BCUT2D eigenvalue weighted by molar-refractivity contribution is 8.39.